The number of aryl methyl sites for hydroxylation is 1. The summed E-state index contributed by atoms with van der Waals surface area (Å²) in [6.07, 6.45) is 0. The molecule has 2 aromatic carbocycles. The number of aromatic nitrogens is 2. The predicted molar refractivity (Wildman–Crippen MR) is 91.1 cm³/mol. The molecule has 3 aromatic rings. The van der Waals surface area contributed by atoms with Crippen molar-refractivity contribution in [1.82, 2.24) is 9.78 Å². The minimum Gasteiger partial charge on any atom is -0.493 e. The molecule has 0 unspecified atom stereocenters. The molecule has 0 amide bonds. The first-order valence-electron chi connectivity index (χ1n) is 8.32. The molecule has 5 rings (SSSR count). The second kappa shape index (κ2) is 5.13. The molecular formula is C20H18N2O2. The molecule has 24 heavy (non-hydrogen) atoms. The Bertz CT molecular complexity index is 901. The van der Waals surface area contributed by atoms with E-state index in [9.17, 15) is 0 Å². The fraction of sp³-hybridized carbons (Fsp3) is 0.250. The molecule has 0 saturated heterocycles. The summed E-state index contributed by atoms with van der Waals surface area (Å²) in [5.74, 6) is 2.48. The van der Waals surface area contributed by atoms with E-state index in [2.05, 4.69) is 37.3 Å². The third-order valence-corrected chi connectivity index (χ3v) is 4.99. The Morgan fingerprint density at radius 2 is 1.71 bits per heavy atom. The molecule has 2 atom stereocenters. The lowest BCUT2D eigenvalue weighted by atomic mass is 9.78. The minimum atomic E-state index is 0.288. The van der Waals surface area contributed by atoms with Crippen molar-refractivity contribution in [3.8, 4) is 17.3 Å². The molecule has 0 radical (unpaired) electrons. The van der Waals surface area contributed by atoms with Crippen LogP contribution in [0, 0.1) is 12.8 Å². The van der Waals surface area contributed by atoms with Gasteiger partial charge in [0.25, 0.3) is 0 Å². The lowest BCUT2D eigenvalue weighted by Gasteiger charge is -2.37. The first kappa shape index (κ1) is 13.7. The molecule has 120 valence electrons. The van der Waals surface area contributed by atoms with Crippen molar-refractivity contribution < 1.29 is 9.47 Å². The van der Waals surface area contributed by atoms with Gasteiger partial charge in [0.1, 0.15) is 5.75 Å². The average molecular weight is 318 g/mol. The maximum Gasteiger partial charge on any atom is 0.220 e. The van der Waals surface area contributed by atoms with Gasteiger partial charge in [-0.2, -0.15) is 5.10 Å². The summed E-state index contributed by atoms with van der Waals surface area (Å²) < 4.78 is 14.0. The van der Waals surface area contributed by atoms with E-state index in [0.717, 1.165) is 23.0 Å². The van der Waals surface area contributed by atoms with Gasteiger partial charge in [-0.15, -0.1) is 0 Å². The number of fused-ring (bicyclic) bond motifs is 5. The summed E-state index contributed by atoms with van der Waals surface area (Å²) in [5, 5.41) is 4.78. The van der Waals surface area contributed by atoms with Gasteiger partial charge in [-0.3, -0.25) is 0 Å². The van der Waals surface area contributed by atoms with Gasteiger partial charge in [0.2, 0.25) is 5.88 Å². The number of nitrogens with zero attached hydrogens (tertiary/aromatic N) is 2. The fourth-order valence-electron chi connectivity index (χ4n) is 3.90. The smallest absolute Gasteiger partial charge is 0.220 e. The third-order valence-electron chi connectivity index (χ3n) is 4.99. The Labute approximate surface area is 140 Å². The first-order valence-corrected chi connectivity index (χ1v) is 8.32. The van der Waals surface area contributed by atoms with Crippen LogP contribution >= 0.6 is 0 Å². The Morgan fingerprint density at radius 1 is 0.958 bits per heavy atom. The summed E-state index contributed by atoms with van der Waals surface area (Å²) >= 11 is 0. The van der Waals surface area contributed by atoms with Gasteiger partial charge in [-0.1, -0.05) is 36.4 Å². The van der Waals surface area contributed by atoms with Crippen LogP contribution in [-0.2, 0) is 0 Å². The lowest BCUT2D eigenvalue weighted by Crippen LogP contribution is -2.35. The molecule has 0 N–H and O–H groups in total. The molecule has 4 heteroatoms. The molecule has 0 fully saturated rings. The van der Waals surface area contributed by atoms with Crippen molar-refractivity contribution in [3.05, 3.63) is 71.4 Å². The highest BCUT2D eigenvalue weighted by Crippen LogP contribution is 2.48. The quantitative estimate of drug-likeness (QED) is 0.686. The predicted octanol–water partition coefficient (Wildman–Crippen LogP) is 3.71. The van der Waals surface area contributed by atoms with E-state index < -0.39 is 0 Å². The zero-order valence-electron chi connectivity index (χ0n) is 13.5. The van der Waals surface area contributed by atoms with Crippen molar-refractivity contribution in [2.75, 3.05) is 13.2 Å². The number of hydrogen-bond donors (Lipinski definition) is 0. The van der Waals surface area contributed by atoms with Crippen LogP contribution < -0.4 is 9.47 Å². The van der Waals surface area contributed by atoms with Gasteiger partial charge in [0, 0.05) is 23.0 Å². The monoisotopic (exact) mass is 318 g/mol. The van der Waals surface area contributed by atoms with Crippen LogP contribution in [0.3, 0.4) is 0 Å². The molecule has 0 saturated carbocycles. The maximum atomic E-state index is 6.13. The van der Waals surface area contributed by atoms with Gasteiger partial charge in [-0.05, 0) is 25.1 Å². The van der Waals surface area contributed by atoms with Crippen molar-refractivity contribution in [2.45, 2.75) is 12.8 Å². The highest BCUT2D eigenvalue weighted by Gasteiger charge is 2.41. The fourth-order valence-corrected chi connectivity index (χ4v) is 3.90. The summed E-state index contributed by atoms with van der Waals surface area (Å²) in [6, 6.07) is 18.5. The number of ether oxygens (including phenoxy) is 2. The largest absolute Gasteiger partial charge is 0.493 e. The molecule has 2 aliphatic heterocycles. The number of hydrogen-bond acceptors (Lipinski definition) is 3. The Kier molecular flexibility index (Phi) is 2.92. The number of benzene rings is 2. The van der Waals surface area contributed by atoms with Crippen molar-refractivity contribution in [3.63, 3.8) is 0 Å². The first-order chi connectivity index (χ1) is 11.8. The van der Waals surface area contributed by atoms with E-state index in [0.29, 0.717) is 19.1 Å². The molecule has 3 heterocycles. The topological polar surface area (TPSA) is 36.3 Å². The zero-order valence-corrected chi connectivity index (χ0v) is 13.5. The zero-order chi connectivity index (χ0) is 16.1. The van der Waals surface area contributed by atoms with Gasteiger partial charge < -0.3 is 9.47 Å². The van der Waals surface area contributed by atoms with Crippen LogP contribution in [0.15, 0.2) is 54.6 Å². The molecule has 0 bridgehead atoms. The van der Waals surface area contributed by atoms with Crippen molar-refractivity contribution >= 4 is 0 Å². The van der Waals surface area contributed by atoms with E-state index in [4.69, 9.17) is 14.6 Å². The highest BCUT2D eigenvalue weighted by molar-refractivity contribution is 5.52. The van der Waals surface area contributed by atoms with Crippen LogP contribution in [0.5, 0.6) is 11.6 Å². The van der Waals surface area contributed by atoms with Crippen LogP contribution in [-0.4, -0.2) is 23.0 Å². The molecule has 0 spiro atoms. The molecule has 2 aliphatic rings. The van der Waals surface area contributed by atoms with E-state index >= 15 is 0 Å². The van der Waals surface area contributed by atoms with Crippen LogP contribution in [0.25, 0.3) is 5.69 Å². The second-order valence-corrected chi connectivity index (χ2v) is 6.45. The van der Waals surface area contributed by atoms with Gasteiger partial charge >= 0.3 is 0 Å². The Morgan fingerprint density at radius 3 is 2.58 bits per heavy atom. The van der Waals surface area contributed by atoms with Crippen molar-refractivity contribution in [2.24, 2.45) is 5.92 Å². The van der Waals surface area contributed by atoms with Crippen LogP contribution in [0.2, 0.25) is 0 Å². The lowest BCUT2D eigenvalue weighted by molar-refractivity contribution is 0.121. The van der Waals surface area contributed by atoms with E-state index in [-0.39, 0.29) is 5.92 Å². The summed E-state index contributed by atoms with van der Waals surface area (Å²) in [5.41, 5.74) is 4.50. The van der Waals surface area contributed by atoms with Crippen LogP contribution in [0.1, 0.15) is 22.7 Å². The van der Waals surface area contributed by atoms with Gasteiger partial charge in [0.15, 0.2) is 0 Å². The third kappa shape index (κ3) is 1.89. The highest BCUT2D eigenvalue weighted by atomic mass is 16.5. The summed E-state index contributed by atoms with van der Waals surface area (Å²) in [4.78, 5) is 0. The van der Waals surface area contributed by atoms with Gasteiger partial charge in [-0.25, -0.2) is 4.68 Å². The van der Waals surface area contributed by atoms with E-state index in [1.54, 1.807) is 0 Å². The number of para-hydroxylation sites is 2. The Balaban J connectivity index is 1.71. The normalized spacial score (nSPS) is 21.0. The molecule has 0 aliphatic carbocycles. The average Bonchev–Trinajstić information content (AvgIpc) is 2.99. The van der Waals surface area contributed by atoms with Crippen molar-refractivity contribution in [1.29, 1.82) is 0 Å². The standard InChI is InChI=1S/C20H18N2O2/c1-13-18-19-14(11-23-17-10-6-5-9-16(17)19)12-24-20(18)22(21-13)15-7-3-2-4-8-15/h2-10,14,19H,11-12H2,1H3/t14-,19+/m0/s1. The summed E-state index contributed by atoms with van der Waals surface area (Å²) in [7, 11) is 0. The molecule has 4 nitrogen and oxygen atoms in total. The van der Waals surface area contributed by atoms with E-state index in [1.807, 2.05) is 28.9 Å². The second-order valence-electron chi connectivity index (χ2n) is 6.45. The van der Waals surface area contributed by atoms with Crippen LogP contribution in [0.4, 0.5) is 0 Å². The van der Waals surface area contributed by atoms with E-state index in [1.165, 1.54) is 11.1 Å². The minimum absolute atomic E-state index is 0.288. The number of rotatable bonds is 1. The molecule has 1 aromatic heterocycles. The maximum absolute atomic E-state index is 6.13. The SMILES string of the molecule is Cc1nn(-c2ccccc2)c2c1[C@H]1c3ccccc3OC[C@H]1CO2. The summed E-state index contributed by atoms with van der Waals surface area (Å²) in [6.45, 7) is 3.42. The van der Waals surface area contributed by atoms with Gasteiger partial charge in [0.05, 0.1) is 24.6 Å². The Hall–Kier alpha value is -2.75. The molecular weight excluding hydrogens is 300 g/mol.